The molecule has 1 N–H and O–H groups in total. The van der Waals surface area contributed by atoms with E-state index in [1.165, 1.54) is 6.42 Å². The zero-order chi connectivity index (χ0) is 13.2. The van der Waals surface area contributed by atoms with Crippen LogP contribution in [-0.2, 0) is 12.1 Å². The number of halogens is 1. The lowest BCUT2D eigenvalue weighted by Crippen LogP contribution is -2.34. The summed E-state index contributed by atoms with van der Waals surface area (Å²) >= 11 is 6.23. The molecule has 0 radical (unpaired) electrons. The van der Waals surface area contributed by atoms with Crippen molar-refractivity contribution in [2.24, 2.45) is 5.92 Å². The maximum Gasteiger partial charge on any atom is 0.108 e. The predicted octanol–water partition coefficient (Wildman–Crippen LogP) is 3.73. The molecule has 0 aromatic carbocycles. The summed E-state index contributed by atoms with van der Waals surface area (Å²) < 4.78 is 1.88. The summed E-state index contributed by atoms with van der Waals surface area (Å²) in [5.41, 5.74) is 0.0644. The summed E-state index contributed by atoms with van der Waals surface area (Å²) in [5, 5.41) is 15.8. The SMILES string of the molecule is CCCn1ncc(Cl)c1C1(O)CCC(CC)CC1. The van der Waals surface area contributed by atoms with Crippen molar-refractivity contribution in [3.8, 4) is 0 Å². The Bertz CT molecular complexity index is 394. The number of hydrogen-bond donors (Lipinski definition) is 1. The number of nitrogens with zero attached hydrogens (tertiary/aromatic N) is 2. The van der Waals surface area contributed by atoms with Gasteiger partial charge in [-0.3, -0.25) is 4.68 Å². The zero-order valence-electron chi connectivity index (χ0n) is 11.3. The smallest absolute Gasteiger partial charge is 0.108 e. The van der Waals surface area contributed by atoms with E-state index in [2.05, 4.69) is 18.9 Å². The number of rotatable bonds is 4. The Labute approximate surface area is 114 Å². The molecule has 102 valence electrons. The van der Waals surface area contributed by atoms with E-state index in [4.69, 9.17) is 11.6 Å². The lowest BCUT2D eigenvalue weighted by molar-refractivity contribution is -0.0220. The van der Waals surface area contributed by atoms with Gasteiger partial charge in [0.05, 0.1) is 16.9 Å². The third-order valence-corrected chi connectivity index (χ3v) is 4.46. The predicted molar refractivity (Wildman–Crippen MR) is 73.7 cm³/mol. The minimum atomic E-state index is -0.769. The van der Waals surface area contributed by atoms with Gasteiger partial charge in [0.15, 0.2) is 0 Å². The number of aliphatic hydroxyl groups is 1. The Morgan fingerprint density at radius 3 is 2.67 bits per heavy atom. The van der Waals surface area contributed by atoms with Crippen molar-refractivity contribution in [1.29, 1.82) is 0 Å². The summed E-state index contributed by atoms with van der Waals surface area (Å²) in [7, 11) is 0. The molecule has 1 heterocycles. The minimum absolute atomic E-state index is 0.612. The van der Waals surface area contributed by atoms with Crippen molar-refractivity contribution in [2.45, 2.75) is 64.5 Å². The topological polar surface area (TPSA) is 38.0 Å². The van der Waals surface area contributed by atoms with Gasteiger partial charge in [0.2, 0.25) is 0 Å². The van der Waals surface area contributed by atoms with E-state index in [1.807, 2.05) is 4.68 Å². The van der Waals surface area contributed by atoms with Gasteiger partial charge in [-0.05, 0) is 38.0 Å². The van der Waals surface area contributed by atoms with Gasteiger partial charge in [-0.25, -0.2) is 0 Å². The van der Waals surface area contributed by atoms with Crippen molar-refractivity contribution in [2.75, 3.05) is 0 Å². The molecule has 0 unspecified atom stereocenters. The molecule has 1 aromatic rings. The molecule has 0 amide bonds. The van der Waals surface area contributed by atoms with Crippen LogP contribution in [-0.4, -0.2) is 14.9 Å². The zero-order valence-corrected chi connectivity index (χ0v) is 12.1. The van der Waals surface area contributed by atoms with Crippen LogP contribution in [0.3, 0.4) is 0 Å². The maximum atomic E-state index is 10.9. The first-order valence-corrected chi connectivity index (χ1v) is 7.42. The average molecular weight is 271 g/mol. The Morgan fingerprint density at radius 1 is 1.44 bits per heavy atom. The fourth-order valence-corrected chi connectivity index (χ4v) is 3.32. The largest absolute Gasteiger partial charge is 0.384 e. The second kappa shape index (κ2) is 5.62. The van der Waals surface area contributed by atoms with E-state index in [1.54, 1.807) is 6.20 Å². The van der Waals surface area contributed by atoms with Gasteiger partial charge < -0.3 is 5.11 Å². The van der Waals surface area contributed by atoms with Crippen LogP contribution in [0.2, 0.25) is 5.02 Å². The molecule has 4 heteroatoms. The third-order valence-electron chi connectivity index (χ3n) is 4.18. The summed E-state index contributed by atoms with van der Waals surface area (Å²) in [4.78, 5) is 0. The van der Waals surface area contributed by atoms with Gasteiger partial charge in [-0.2, -0.15) is 5.10 Å². The maximum absolute atomic E-state index is 10.9. The summed E-state index contributed by atoms with van der Waals surface area (Å²) in [5.74, 6) is 0.756. The molecule has 3 nitrogen and oxygen atoms in total. The standard InChI is InChI=1S/C14H23ClN2O/c1-3-9-17-13(12(15)10-16-17)14(18)7-5-11(4-2)6-8-14/h10-11,18H,3-9H2,1-2H3. The lowest BCUT2D eigenvalue weighted by atomic mass is 9.76. The first kappa shape index (κ1) is 13.9. The number of hydrogen-bond acceptors (Lipinski definition) is 2. The quantitative estimate of drug-likeness (QED) is 0.905. The molecule has 1 fully saturated rings. The second-order valence-corrected chi connectivity index (χ2v) is 5.85. The highest BCUT2D eigenvalue weighted by Crippen LogP contribution is 2.42. The van der Waals surface area contributed by atoms with Gasteiger partial charge >= 0.3 is 0 Å². The Hall–Kier alpha value is -0.540. The Balaban J connectivity index is 2.22. The molecule has 1 aromatic heterocycles. The molecule has 0 aliphatic heterocycles. The molecule has 0 spiro atoms. The third kappa shape index (κ3) is 2.57. The molecule has 1 saturated carbocycles. The monoisotopic (exact) mass is 270 g/mol. The summed E-state index contributed by atoms with van der Waals surface area (Å²) in [6, 6.07) is 0. The van der Waals surface area contributed by atoms with Crippen LogP contribution in [0.5, 0.6) is 0 Å². The van der Waals surface area contributed by atoms with Crippen molar-refractivity contribution in [1.82, 2.24) is 9.78 Å². The Morgan fingerprint density at radius 2 is 2.11 bits per heavy atom. The fourth-order valence-electron chi connectivity index (χ4n) is 3.01. The second-order valence-electron chi connectivity index (χ2n) is 5.45. The molecule has 0 saturated heterocycles. The molecule has 2 rings (SSSR count). The highest BCUT2D eigenvalue weighted by Gasteiger charge is 2.38. The van der Waals surface area contributed by atoms with Crippen molar-refractivity contribution in [3.63, 3.8) is 0 Å². The molecule has 1 aliphatic carbocycles. The number of aromatic nitrogens is 2. The van der Waals surface area contributed by atoms with E-state index < -0.39 is 5.60 Å². The van der Waals surface area contributed by atoms with Crippen molar-refractivity contribution in [3.05, 3.63) is 16.9 Å². The van der Waals surface area contributed by atoms with Crippen LogP contribution >= 0.6 is 11.6 Å². The van der Waals surface area contributed by atoms with Crippen LogP contribution in [0.15, 0.2) is 6.20 Å². The summed E-state index contributed by atoms with van der Waals surface area (Å²) in [6.45, 7) is 5.16. The normalized spacial score (nSPS) is 28.6. The molecule has 0 atom stereocenters. The molecule has 0 bridgehead atoms. The van der Waals surface area contributed by atoms with Gasteiger partial charge in [-0.1, -0.05) is 31.9 Å². The van der Waals surface area contributed by atoms with E-state index in [0.29, 0.717) is 5.02 Å². The highest BCUT2D eigenvalue weighted by molar-refractivity contribution is 6.31. The van der Waals surface area contributed by atoms with Crippen LogP contribution in [0.25, 0.3) is 0 Å². The van der Waals surface area contributed by atoms with Crippen LogP contribution in [0.1, 0.15) is 58.1 Å². The van der Waals surface area contributed by atoms with E-state index in [9.17, 15) is 5.11 Å². The first-order valence-electron chi connectivity index (χ1n) is 7.05. The first-order chi connectivity index (χ1) is 8.60. The molecule has 1 aliphatic rings. The van der Waals surface area contributed by atoms with Crippen LogP contribution < -0.4 is 0 Å². The van der Waals surface area contributed by atoms with Crippen molar-refractivity contribution < 1.29 is 5.11 Å². The molecular formula is C14H23ClN2O. The fraction of sp³-hybridized carbons (Fsp3) is 0.786. The van der Waals surface area contributed by atoms with Gasteiger partial charge in [0.25, 0.3) is 0 Å². The number of aryl methyl sites for hydroxylation is 1. The Kier molecular flexibility index (Phi) is 4.33. The van der Waals surface area contributed by atoms with E-state index >= 15 is 0 Å². The van der Waals surface area contributed by atoms with E-state index in [0.717, 1.165) is 50.3 Å². The lowest BCUT2D eigenvalue weighted by Gasteiger charge is -2.36. The van der Waals surface area contributed by atoms with Gasteiger partial charge in [0.1, 0.15) is 5.60 Å². The van der Waals surface area contributed by atoms with Crippen LogP contribution in [0.4, 0.5) is 0 Å². The average Bonchev–Trinajstić information content (AvgIpc) is 2.73. The van der Waals surface area contributed by atoms with Crippen molar-refractivity contribution >= 4 is 11.6 Å². The highest BCUT2D eigenvalue weighted by atomic mass is 35.5. The van der Waals surface area contributed by atoms with Gasteiger partial charge in [-0.15, -0.1) is 0 Å². The molecule has 18 heavy (non-hydrogen) atoms. The van der Waals surface area contributed by atoms with Crippen LogP contribution in [0, 0.1) is 5.92 Å². The van der Waals surface area contributed by atoms with Gasteiger partial charge in [0, 0.05) is 6.54 Å². The summed E-state index contributed by atoms with van der Waals surface area (Å²) in [6.07, 6.45) is 7.65. The minimum Gasteiger partial charge on any atom is -0.384 e. The van der Waals surface area contributed by atoms with E-state index in [-0.39, 0.29) is 0 Å². The molecular weight excluding hydrogens is 248 g/mol.